The second-order valence-electron chi connectivity index (χ2n) is 5.54. The molecule has 0 saturated heterocycles. The normalized spacial score (nSPS) is 19.1. The molecule has 0 radical (unpaired) electrons. The van der Waals surface area contributed by atoms with Gasteiger partial charge in [-0.05, 0) is 29.8 Å². The van der Waals surface area contributed by atoms with Crippen LogP contribution < -0.4 is 9.47 Å². The fourth-order valence-electron chi connectivity index (χ4n) is 3.04. The Kier molecular flexibility index (Phi) is 2.69. The van der Waals surface area contributed by atoms with Gasteiger partial charge in [-0.3, -0.25) is 9.36 Å². The fraction of sp³-hybridized carbons (Fsp3) is 0.176. The van der Waals surface area contributed by atoms with Gasteiger partial charge in [-0.15, -0.1) is 0 Å². The van der Waals surface area contributed by atoms with E-state index < -0.39 is 0 Å². The Morgan fingerprint density at radius 2 is 2.00 bits per heavy atom. The quantitative estimate of drug-likeness (QED) is 0.684. The lowest BCUT2D eigenvalue weighted by Gasteiger charge is -2.22. The van der Waals surface area contributed by atoms with Crippen molar-refractivity contribution in [1.29, 1.82) is 0 Å². The van der Waals surface area contributed by atoms with E-state index in [9.17, 15) is 4.79 Å². The summed E-state index contributed by atoms with van der Waals surface area (Å²) in [7, 11) is 0. The van der Waals surface area contributed by atoms with Gasteiger partial charge in [0.25, 0.3) is 0 Å². The summed E-state index contributed by atoms with van der Waals surface area (Å²) in [4.78, 5) is 17.2. The van der Waals surface area contributed by atoms with Gasteiger partial charge in [0.05, 0.1) is 11.0 Å². The monoisotopic (exact) mass is 324 g/mol. The highest BCUT2D eigenvalue weighted by atomic mass is 32.2. The summed E-state index contributed by atoms with van der Waals surface area (Å²) in [6, 6.07) is 13.6. The zero-order chi connectivity index (χ0) is 15.4. The van der Waals surface area contributed by atoms with Crippen molar-refractivity contribution in [3.8, 4) is 11.5 Å². The minimum atomic E-state index is 0.0429. The summed E-state index contributed by atoms with van der Waals surface area (Å²) >= 11 is 1.62. The van der Waals surface area contributed by atoms with Crippen LogP contribution in [-0.2, 0) is 0 Å². The molecule has 2 aliphatic rings. The maximum Gasteiger partial charge on any atom is 0.234 e. The molecular weight excluding hydrogens is 312 g/mol. The zero-order valence-corrected chi connectivity index (χ0v) is 12.9. The molecule has 0 amide bonds. The number of ether oxygens (including phenoxy) is 2. The van der Waals surface area contributed by atoms with Crippen LogP contribution in [0.15, 0.2) is 47.6 Å². The number of hydrogen-bond acceptors (Lipinski definition) is 5. The van der Waals surface area contributed by atoms with Gasteiger partial charge in [0.2, 0.25) is 12.7 Å². The summed E-state index contributed by atoms with van der Waals surface area (Å²) in [5.41, 5.74) is 2.80. The molecule has 0 aliphatic carbocycles. The average Bonchev–Trinajstić information content (AvgIpc) is 3.17. The molecule has 0 fully saturated rings. The molecule has 2 aliphatic heterocycles. The SMILES string of the molecule is O=C1C[C@H](c2ccc3c(c2)OCO3)Sc2nc3ccccc3n21. The minimum Gasteiger partial charge on any atom is -0.454 e. The third kappa shape index (κ3) is 1.95. The average molecular weight is 324 g/mol. The predicted octanol–water partition coefficient (Wildman–Crippen LogP) is 3.64. The summed E-state index contributed by atoms with van der Waals surface area (Å²) in [6.45, 7) is 0.255. The number of benzene rings is 2. The Balaban J connectivity index is 1.57. The molecular formula is C17H12N2O3S. The number of rotatable bonds is 1. The summed E-state index contributed by atoms with van der Waals surface area (Å²) in [5.74, 6) is 1.58. The molecule has 0 saturated carbocycles. The van der Waals surface area contributed by atoms with Gasteiger partial charge in [0, 0.05) is 11.7 Å². The molecule has 0 spiro atoms. The smallest absolute Gasteiger partial charge is 0.234 e. The van der Waals surface area contributed by atoms with Gasteiger partial charge in [0.1, 0.15) is 0 Å². The Labute approximate surface area is 136 Å². The summed E-state index contributed by atoms with van der Waals surface area (Å²) in [5, 5.41) is 0.798. The lowest BCUT2D eigenvalue weighted by Crippen LogP contribution is -2.19. The maximum atomic E-state index is 12.6. The number of carbonyl (C=O) groups excluding carboxylic acids is 1. The number of thioether (sulfide) groups is 1. The van der Waals surface area contributed by atoms with E-state index >= 15 is 0 Å². The van der Waals surface area contributed by atoms with Crippen molar-refractivity contribution in [1.82, 2.24) is 9.55 Å². The molecule has 3 aromatic rings. The van der Waals surface area contributed by atoms with Gasteiger partial charge in [0.15, 0.2) is 16.7 Å². The highest BCUT2D eigenvalue weighted by molar-refractivity contribution is 7.99. The molecule has 23 heavy (non-hydrogen) atoms. The Morgan fingerprint density at radius 1 is 1.13 bits per heavy atom. The van der Waals surface area contributed by atoms with E-state index in [2.05, 4.69) is 4.98 Å². The number of fused-ring (bicyclic) bond motifs is 4. The minimum absolute atomic E-state index is 0.0429. The van der Waals surface area contributed by atoms with Crippen LogP contribution in [-0.4, -0.2) is 22.3 Å². The van der Waals surface area contributed by atoms with Crippen molar-refractivity contribution in [2.24, 2.45) is 0 Å². The van der Waals surface area contributed by atoms with Crippen LogP contribution in [0.5, 0.6) is 11.5 Å². The van der Waals surface area contributed by atoms with Gasteiger partial charge in [-0.25, -0.2) is 4.98 Å². The highest BCUT2D eigenvalue weighted by Gasteiger charge is 2.30. The molecule has 5 rings (SSSR count). The van der Waals surface area contributed by atoms with E-state index in [4.69, 9.17) is 9.47 Å². The molecule has 2 aromatic carbocycles. The molecule has 1 atom stereocenters. The number of imidazole rings is 1. The zero-order valence-electron chi connectivity index (χ0n) is 12.1. The number of nitrogens with zero attached hydrogens (tertiary/aromatic N) is 2. The van der Waals surface area contributed by atoms with E-state index in [1.807, 2.05) is 42.5 Å². The first-order chi connectivity index (χ1) is 11.3. The van der Waals surface area contributed by atoms with Crippen LogP contribution >= 0.6 is 11.8 Å². The second kappa shape index (κ2) is 4.76. The molecule has 0 N–H and O–H groups in total. The van der Waals surface area contributed by atoms with Gasteiger partial charge in [-0.2, -0.15) is 0 Å². The van der Waals surface area contributed by atoms with Crippen molar-refractivity contribution in [2.45, 2.75) is 16.8 Å². The fourth-order valence-corrected chi connectivity index (χ4v) is 4.26. The van der Waals surface area contributed by atoms with E-state index in [0.717, 1.165) is 33.3 Å². The van der Waals surface area contributed by atoms with Crippen molar-refractivity contribution in [2.75, 3.05) is 6.79 Å². The summed E-state index contributed by atoms with van der Waals surface area (Å²) < 4.78 is 12.5. The van der Waals surface area contributed by atoms with Crippen LogP contribution in [0.2, 0.25) is 0 Å². The van der Waals surface area contributed by atoms with Crippen molar-refractivity contribution < 1.29 is 14.3 Å². The second-order valence-corrected chi connectivity index (χ2v) is 6.71. The molecule has 5 nitrogen and oxygen atoms in total. The molecule has 1 aromatic heterocycles. The molecule has 6 heteroatoms. The molecule has 114 valence electrons. The lowest BCUT2D eigenvalue weighted by molar-refractivity contribution is 0.0891. The first-order valence-corrected chi connectivity index (χ1v) is 8.24. The molecule has 0 bridgehead atoms. The largest absolute Gasteiger partial charge is 0.454 e. The van der Waals surface area contributed by atoms with Gasteiger partial charge in [-0.1, -0.05) is 30.0 Å². The third-order valence-electron chi connectivity index (χ3n) is 4.16. The van der Waals surface area contributed by atoms with Gasteiger partial charge < -0.3 is 9.47 Å². The lowest BCUT2D eigenvalue weighted by atomic mass is 10.1. The van der Waals surface area contributed by atoms with Crippen LogP contribution in [0.3, 0.4) is 0 Å². The summed E-state index contributed by atoms with van der Waals surface area (Å²) in [6.07, 6.45) is 0.442. The molecule has 0 unspecified atom stereocenters. The Hall–Kier alpha value is -2.47. The van der Waals surface area contributed by atoms with E-state index in [1.165, 1.54) is 0 Å². The number of hydrogen-bond donors (Lipinski definition) is 0. The first kappa shape index (κ1) is 13.0. The topological polar surface area (TPSA) is 53.4 Å². The molecule has 3 heterocycles. The van der Waals surface area contributed by atoms with Crippen molar-refractivity contribution >= 4 is 28.7 Å². The van der Waals surface area contributed by atoms with Crippen molar-refractivity contribution in [3.05, 3.63) is 48.0 Å². The van der Waals surface area contributed by atoms with Crippen LogP contribution in [0.25, 0.3) is 11.0 Å². The number of para-hydroxylation sites is 2. The number of aromatic nitrogens is 2. The van der Waals surface area contributed by atoms with E-state index in [-0.39, 0.29) is 18.0 Å². The van der Waals surface area contributed by atoms with Gasteiger partial charge >= 0.3 is 0 Å². The van der Waals surface area contributed by atoms with Crippen molar-refractivity contribution in [3.63, 3.8) is 0 Å². The van der Waals surface area contributed by atoms with Crippen LogP contribution in [0.4, 0.5) is 0 Å². The third-order valence-corrected chi connectivity index (χ3v) is 5.36. The predicted molar refractivity (Wildman–Crippen MR) is 86.1 cm³/mol. The Bertz CT molecular complexity index is 950. The maximum absolute atomic E-state index is 12.6. The van der Waals surface area contributed by atoms with Crippen LogP contribution in [0, 0.1) is 0 Å². The van der Waals surface area contributed by atoms with E-state index in [0.29, 0.717) is 6.42 Å². The van der Waals surface area contributed by atoms with Crippen LogP contribution in [0.1, 0.15) is 22.0 Å². The standard InChI is InChI=1S/C17H12N2O3S/c20-16-8-15(10-5-6-13-14(7-10)22-9-21-13)23-17-18-11-3-1-2-4-12(11)19(16)17/h1-7,15H,8-9H2/t15-/m1/s1. The first-order valence-electron chi connectivity index (χ1n) is 7.36. The Morgan fingerprint density at radius 3 is 2.96 bits per heavy atom. The highest BCUT2D eigenvalue weighted by Crippen LogP contribution is 2.45. The number of carbonyl (C=O) groups is 1. The van der Waals surface area contributed by atoms with E-state index in [1.54, 1.807) is 16.3 Å².